The first-order chi connectivity index (χ1) is 9.90. The minimum Gasteiger partial charge on any atom is -0.362 e. The maximum absolute atomic E-state index is 12.6. The zero-order valence-electron chi connectivity index (χ0n) is 11.2. The van der Waals surface area contributed by atoms with Gasteiger partial charge in [-0.3, -0.25) is 4.79 Å². The number of morpholine rings is 1. The molecule has 0 aliphatic carbocycles. The summed E-state index contributed by atoms with van der Waals surface area (Å²) in [5, 5.41) is 3.19. The van der Waals surface area contributed by atoms with Crippen molar-refractivity contribution in [2.24, 2.45) is 0 Å². The topological polar surface area (TPSA) is 41.6 Å². The van der Waals surface area contributed by atoms with Crippen LogP contribution in [0.5, 0.6) is 0 Å². The molecule has 2 saturated heterocycles. The molecule has 3 rings (SSSR count). The number of alkyl halides is 3. The number of rotatable bonds is 1. The van der Waals surface area contributed by atoms with E-state index in [2.05, 4.69) is 5.32 Å². The van der Waals surface area contributed by atoms with Crippen LogP contribution < -0.4 is 10.2 Å². The third-order valence-corrected chi connectivity index (χ3v) is 3.96. The Morgan fingerprint density at radius 1 is 1.24 bits per heavy atom. The van der Waals surface area contributed by atoms with Crippen molar-refractivity contribution in [3.63, 3.8) is 0 Å². The van der Waals surface area contributed by atoms with Crippen molar-refractivity contribution in [3.8, 4) is 0 Å². The van der Waals surface area contributed by atoms with Crippen molar-refractivity contribution in [1.82, 2.24) is 5.32 Å². The lowest BCUT2D eigenvalue weighted by Gasteiger charge is -2.39. The number of carbonyl (C=O) groups excluding carboxylic acids is 1. The highest BCUT2D eigenvalue weighted by Gasteiger charge is 2.42. The number of nitrogens with one attached hydrogen (secondary N) is 1. The highest BCUT2D eigenvalue weighted by Crippen LogP contribution is 2.32. The van der Waals surface area contributed by atoms with E-state index in [-0.39, 0.29) is 12.5 Å². The van der Waals surface area contributed by atoms with E-state index in [0.717, 1.165) is 25.1 Å². The molecule has 1 aromatic rings. The SMILES string of the molecule is O=C1COC2(CCNC2)CN1c1ccc(C(F)(F)F)cc1. The molecule has 2 aliphatic rings. The van der Waals surface area contributed by atoms with Crippen molar-refractivity contribution >= 4 is 11.6 Å². The zero-order chi connectivity index (χ0) is 15.1. The molecule has 0 aromatic heterocycles. The molecule has 1 aromatic carbocycles. The molecule has 0 bridgehead atoms. The van der Waals surface area contributed by atoms with Crippen LogP contribution in [0, 0.1) is 0 Å². The second-order valence-electron chi connectivity index (χ2n) is 5.42. The van der Waals surface area contributed by atoms with E-state index < -0.39 is 17.3 Å². The van der Waals surface area contributed by atoms with Crippen LogP contribution in [0.1, 0.15) is 12.0 Å². The molecule has 21 heavy (non-hydrogen) atoms. The van der Waals surface area contributed by atoms with Crippen LogP contribution in [0.2, 0.25) is 0 Å². The molecule has 2 aliphatic heterocycles. The first kappa shape index (κ1) is 14.3. The fourth-order valence-electron chi connectivity index (χ4n) is 2.76. The van der Waals surface area contributed by atoms with Crippen LogP contribution in [0.15, 0.2) is 24.3 Å². The number of anilines is 1. The summed E-state index contributed by atoms with van der Waals surface area (Å²) in [6.07, 6.45) is -3.58. The number of hydrogen-bond donors (Lipinski definition) is 1. The van der Waals surface area contributed by atoms with Crippen LogP contribution in [0.3, 0.4) is 0 Å². The number of carbonyl (C=O) groups is 1. The summed E-state index contributed by atoms with van der Waals surface area (Å²) >= 11 is 0. The van der Waals surface area contributed by atoms with Gasteiger partial charge in [-0.15, -0.1) is 0 Å². The maximum atomic E-state index is 12.6. The first-order valence-corrected chi connectivity index (χ1v) is 6.72. The van der Waals surface area contributed by atoms with Crippen molar-refractivity contribution in [2.45, 2.75) is 18.2 Å². The summed E-state index contributed by atoms with van der Waals surface area (Å²) in [6.45, 7) is 1.79. The molecule has 0 saturated carbocycles. The monoisotopic (exact) mass is 300 g/mol. The van der Waals surface area contributed by atoms with Gasteiger partial charge in [-0.1, -0.05) is 0 Å². The van der Waals surface area contributed by atoms with Crippen LogP contribution in [-0.4, -0.2) is 37.7 Å². The van der Waals surface area contributed by atoms with E-state index >= 15 is 0 Å². The van der Waals surface area contributed by atoms with Crippen molar-refractivity contribution < 1.29 is 22.7 Å². The molecule has 7 heteroatoms. The van der Waals surface area contributed by atoms with E-state index in [9.17, 15) is 18.0 Å². The molecule has 1 unspecified atom stereocenters. The molecule has 2 fully saturated rings. The Hall–Kier alpha value is -1.60. The lowest BCUT2D eigenvalue weighted by Crippen LogP contribution is -2.55. The van der Waals surface area contributed by atoms with Crippen LogP contribution in [0.25, 0.3) is 0 Å². The molecule has 0 radical (unpaired) electrons. The van der Waals surface area contributed by atoms with Crippen molar-refractivity contribution in [3.05, 3.63) is 29.8 Å². The summed E-state index contributed by atoms with van der Waals surface area (Å²) in [6, 6.07) is 4.67. The molecular formula is C14H15F3N2O2. The Kier molecular flexibility index (Phi) is 3.41. The van der Waals surface area contributed by atoms with Gasteiger partial charge in [0.2, 0.25) is 0 Å². The molecule has 1 spiro atoms. The van der Waals surface area contributed by atoms with Gasteiger partial charge in [-0.25, -0.2) is 0 Å². The summed E-state index contributed by atoms with van der Waals surface area (Å²) in [5.41, 5.74) is -0.664. The number of ether oxygens (including phenoxy) is 1. The van der Waals surface area contributed by atoms with Gasteiger partial charge in [0.25, 0.3) is 5.91 Å². The van der Waals surface area contributed by atoms with E-state index in [4.69, 9.17) is 4.74 Å². The largest absolute Gasteiger partial charge is 0.416 e. The number of amides is 1. The van der Waals surface area contributed by atoms with Crippen molar-refractivity contribution in [1.29, 1.82) is 0 Å². The van der Waals surface area contributed by atoms with Crippen LogP contribution >= 0.6 is 0 Å². The quantitative estimate of drug-likeness (QED) is 0.860. The number of benzene rings is 1. The number of hydrogen-bond acceptors (Lipinski definition) is 3. The third kappa shape index (κ3) is 2.75. The van der Waals surface area contributed by atoms with E-state index in [1.165, 1.54) is 17.0 Å². The lowest BCUT2D eigenvalue weighted by molar-refractivity contribution is -0.137. The Morgan fingerprint density at radius 3 is 2.52 bits per heavy atom. The van der Waals surface area contributed by atoms with Gasteiger partial charge in [-0.05, 0) is 37.2 Å². The Labute approximate surface area is 119 Å². The van der Waals surface area contributed by atoms with Crippen molar-refractivity contribution in [2.75, 3.05) is 31.1 Å². The van der Waals surface area contributed by atoms with Gasteiger partial charge >= 0.3 is 6.18 Å². The average molecular weight is 300 g/mol. The van der Waals surface area contributed by atoms with Gasteiger partial charge in [-0.2, -0.15) is 13.2 Å². The fourth-order valence-corrected chi connectivity index (χ4v) is 2.76. The molecule has 2 heterocycles. The zero-order valence-corrected chi connectivity index (χ0v) is 11.2. The molecule has 1 N–H and O–H groups in total. The average Bonchev–Trinajstić information content (AvgIpc) is 2.90. The second kappa shape index (κ2) is 4.99. The van der Waals surface area contributed by atoms with Crippen LogP contribution in [-0.2, 0) is 15.7 Å². The minimum absolute atomic E-state index is 0.0390. The standard InChI is InChI=1S/C14H15F3N2O2/c15-14(16,17)10-1-3-11(4-2-10)19-9-13(5-6-18-8-13)21-7-12(19)20/h1-4,18H,5-9H2. The van der Waals surface area contributed by atoms with Gasteiger partial charge in [0, 0.05) is 12.2 Å². The Balaban J connectivity index is 1.82. The summed E-state index contributed by atoms with van der Waals surface area (Å²) < 4.78 is 43.3. The summed E-state index contributed by atoms with van der Waals surface area (Å²) in [7, 11) is 0. The first-order valence-electron chi connectivity index (χ1n) is 6.72. The predicted molar refractivity (Wildman–Crippen MR) is 70.0 cm³/mol. The Bertz CT molecular complexity index is 536. The number of nitrogens with zero attached hydrogens (tertiary/aromatic N) is 1. The Morgan fingerprint density at radius 2 is 1.95 bits per heavy atom. The normalized spacial score (nSPS) is 26.6. The van der Waals surface area contributed by atoms with Gasteiger partial charge in [0.15, 0.2) is 0 Å². The summed E-state index contributed by atoms with van der Waals surface area (Å²) in [5.74, 6) is -0.229. The minimum atomic E-state index is -4.37. The highest BCUT2D eigenvalue weighted by atomic mass is 19.4. The molecular weight excluding hydrogens is 285 g/mol. The van der Waals surface area contributed by atoms with Gasteiger partial charge < -0.3 is 15.0 Å². The lowest BCUT2D eigenvalue weighted by atomic mass is 10.00. The third-order valence-electron chi connectivity index (χ3n) is 3.96. The molecule has 1 atom stereocenters. The van der Waals surface area contributed by atoms with Gasteiger partial charge in [0.05, 0.1) is 12.1 Å². The fraction of sp³-hybridized carbons (Fsp3) is 0.500. The van der Waals surface area contributed by atoms with Gasteiger partial charge in [0.1, 0.15) is 12.2 Å². The van der Waals surface area contributed by atoms with E-state index in [1.807, 2.05) is 0 Å². The number of halogens is 3. The smallest absolute Gasteiger partial charge is 0.362 e. The van der Waals surface area contributed by atoms with Crippen LogP contribution in [0.4, 0.5) is 18.9 Å². The second-order valence-corrected chi connectivity index (χ2v) is 5.42. The predicted octanol–water partition coefficient (Wildman–Crippen LogP) is 1.80. The molecule has 1 amide bonds. The van der Waals surface area contributed by atoms with E-state index in [0.29, 0.717) is 18.8 Å². The molecule has 4 nitrogen and oxygen atoms in total. The maximum Gasteiger partial charge on any atom is 0.416 e. The summed E-state index contributed by atoms with van der Waals surface area (Å²) in [4.78, 5) is 13.5. The highest BCUT2D eigenvalue weighted by molar-refractivity contribution is 5.95. The molecule has 114 valence electrons. The van der Waals surface area contributed by atoms with E-state index in [1.54, 1.807) is 0 Å².